The molecule has 3 aromatic rings. The van der Waals surface area contributed by atoms with Crippen LogP contribution in [0.2, 0.25) is 0 Å². The molecule has 1 heterocycles. The number of Topliss-reactive ketones (excluding diaryl/α,β-unsaturated/α-hetero) is 1. The zero-order chi connectivity index (χ0) is 17.8. The summed E-state index contributed by atoms with van der Waals surface area (Å²) in [6.45, 7) is 0. The van der Waals surface area contributed by atoms with Gasteiger partial charge in [-0.25, -0.2) is 0 Å². The number of nitrogens with zero attached hydrogens (tertiary/aromatic N) is 2. The van der Waals surface area contributed by atoms with Crippen molar-refractivity contribution < 1.29 is 9.53 Å². The maximum absolute atomic E-state index is 12.8. The van der Waals surface area contributed by atoms with Crippen LogP contribution in [-0.4, -0.2) is 17.9 Å². The van der Waals surface area contributed by atoms with E-state index in [0.717, 1.165) is 5.52 Å². The molecule has 0 unspecified atom stereocenters. The van der Waals surface area contributed by atoms with Gasteiger partial charge in [-0.15, -0.1) is 0 Å². The number of benzene rings is 2. The molecule has 3 rings (SSSR count). The Labute approximate surface area is 144 Å². The van der Waals surface area contributed by atoms with E-state index < -0.39 is 0 Å². The number of ketones is 1. The molecule has 0 aliphatic carbocycles. The highest BCUT2D eigenvalue weighted by Gasteiger charge is 2.17. The van der Waals surface area contributed by atoms with Gasteiger partial charge in [0.05, 0.1) is 18.7 Å². The molecule has 0 aliphatic heterocycles. The van der Waals surface area contributed by atoms with Gasteiger partial charge in [-0.2, -0.15) is 10.5 Å². The van der Waals surface area contributed by atoms with Crippen LogP contribution in [-0.2, 0) is 0 Å². The van der Waals surface area contributed by atoms with Crippen LogP contribution in [0.1, 0.15) is 21.5 Å². The van der Waals surface area contributed by atoms with Crippen molar-refractivity contribution in [3.05, 3.63) is 70.9 Å². The van der Waals surface area contributed by atoms with Gasteiger partial charge >= 0.3 is 0 Å². The normalized spacial score (nSPS) is 10.9. The van der Waals surface area contributed by atoms with Crippen molar-refractivity contribution >= 4 is 22.8 Å². The number of hydrogen-bond donors (Lipinski definition) is 1. The number of nitrogens with one attached hydrogen (secondary N) is 1. The van der Waals surface area contributed by atoms with Crippen LogP contribution in [0.3, 0.4) is 0 Å². The molecule has 5 nitrogen and oxygen atoms in total. The van der Waals surface area contributed by atoms with Crippen molar-refractivity contribution in [2.45, 2.75) is 0 Å². The molecule has 0 amide bonds. The van der Waals surface area contributed by atoms with Gasteiger partial charge in [0.15, 0.2) is 0 Å². The number of aromatic amines is 1. The Hall–Kier alpha value is -3.83. The van der Waals surface area contributed by atoms with Crippen molar-refractivity contribution in [3.63, 3.8) is 0 Å². The third kappa shape index (κ3) is 3.12. The van der Waals surface area contributed by atoms with Gasteiger partial charge in [0, 0.05) is 22.7 Å². The van der Waals surface area contributed by atoms with Crippen LogP contribution in [0.5, 0.6) is 5.75 Å². The van der Waals surface area contributed by atoms with Crippen LogP contribution in [0.4, 0.5) is 0 Å². The number of allylic oxidation sites excluding steroid dienone is 1. The van der Waals surface area contributed by atoms with Crippen LogP contribution in [0.25, 0.3) is 17.0 Å². The molecule has 0 bridgehead atoms. The highest BCUT2D eigenvalue weighted by molar-refractivity contribution is 6.20. The molecule has 0 spiro atoms. The Morgan fingerprint density at radius 1 is 1.20 bits per heavy atom. The van der Waals surface area contributed by atoms with Crippen LogP contribution in [0.15, 0.2) is 54.2 Å². The molecule has 5 heteroatoms. The van der Waals surface area contributed by atoms with Crippen molar-refractivity contribution in [1.29, 1.82) is 10.5 Å². The van der Waals surface area contributed by atoms with E-state index in [2.05, 4.69) is 4.98 Å². The van der Waals surface area contributed by atoms with Gasteiger partial charge in [-0.05, 0) is 42.0 Å². The predicted octanol–water partition coefficient (Wildman–Crippen LogP) is 3.84. The minimum atomic E-state index is -0.385. The van der Waals surface area contributed by atoms with E-state index in [9.17, 15) is 10.1 Å². The van der Waals surface area contributed by atoms with Crippen molar-refractivity contribution in [2.75, 3.05) is 7.11 Å². The molecule has 0 radical (unpaired) electrons. The third-order valence-corrected chi connectivity index (χ3v) is 3.83. The van der Waals surface area contributed by atoms with Gasteiger partial charge in [-0.3, -0.25) is 4.79 Å². The summed E-state index contributed by atoms with van der Waals surface area (Å²) in [5.41, 5.74) is 2.28. The van der Waals surface area contributed by atoms with Crippen LogP contribution >= 0.6 is 0 Å². The second kappa shape index (κ2) is 6.74. The molecule has 0 aliphatic rings. The lowest BCUT2D eigenvalue weighted by molar-refractivity contribution is 0.104. The molecule has 1 N–H and O–H groups in total. The molecule has 0 atom stereocenters. The number of aromatic nitrogens is 1. The van der Waals surface area contributed by atoms with Crippen molar-refractivity contribution in [3.8, 4) is 17.9 Å². The summed E-state index contributed by atoms with van der Waals surface area (Å²) in [5.74, 6) is 0.245. The van der Waals surface area contributed by atoms with E-state index in [1.165, 1.54) is 6.08 Å². The summed E-state index contributed by atoms with van der Waals surface area (Å²) < 4.78 is 5.20. The molecule has 25 heavy (non-hydrogen) atoms. The third-order valence-electron chi connectivity index (χ3n) is 3.83. The minimum Gasteiger partial charge on any atom is -0.497 e. The summed E-state index contributed by atoms with van der Waals surface area (Å²) in [4.78, 5) is 15.8. The van der Waals surface area contributed by atoms with Crippen molar-refractivity contribution in [2.24, 2.45) is 0 Å². The standard InChI is InChI=1S/C20H13N3O2/c1-25-16-5-6-19-17(9-16)18(12-23-19)20(24)15(11-22)8-13-3-2-4-14(7-13)10-21/h2-9,12,23H,1H3/b15-8+. The highest BCUT2D eigenvalue weighted by Crippen LogP contribution is 2.26. The average molecular weight is 327 g/mol. The minimum absolute atomic E-state index is 0.00110. The highest BCUT2D eigenvalue weighted by atomic mass is 16.5. The summed E-state index contributed by atoms with van der Waals surface area (Å²) in [6.07, 6.45) is 3.07. The monoisotopic (exact) mass is 327 g/mol. The molecule has 0 fully saturated rings. The lowest BCUT2D eigenvalue weighted by atomic mass is 10.0. The summed E-state index contributed by atoms with van der Waals surface area (Å²) in [7, 11) is 1.55. The van der Waals surface area contributed by atoms with E-state index in [1.54, 1.807) is 49.7 Å². The Balaban J connectivity index is 2.05. The molecular weight excluding hydrogens is 314 g/mol. The Kier molecular flexibility index (Phi) is 4.32. The van der Waals surface area contributed by atoms with E-state index in [0.29, 0.717) is 27.8 Å². The van der Waals surface area contributed by atoms with E-state index in [-0.39, 0.29) is 11.4 Å². The molecule has 2 aromatic carbocycles. The maximum atomic E-state index is 12.8. The zero-order valence-electron chi connectivity index (χ0n) is 13.4. The fourth-order valence-corrected chi connectivity index (χ4v) is 2.57. The lowest BCUT2D eigenvalue weighted by Crippen LogP contribution is -2.01. The number of hydrogen-bond acceptors (Lipinski definition) is 4. The van der Waals surface area contributed by atoms with Gasteiger partial charge in [0.25, 0.3) is 0 Å². The van der Waals surface area contributed by atoms with Gasteiger partial charge in [0.1, 0.15) is 17.4 Å². The number of nitriles is 2. The summed E-state index contributed by atoms with van der Waals surface area (Å²) in [5, 5.41) is 19.1. The first-order valence-corrected chi connectivity index (χ1v) is 7.48. The average Bonchev–Trinajstić information content (AvgIpc) is 3.08. The zero-order valence-corrected chi connectivity index (χ0v) is 13.4. The lowest BCUT2D eigenvalue weighted by Gasteiger charge is -2.02. The Morgan fingerprint density at radius 3 is 2.76 bits per heavy atom. The van der Waals surface area contributed by atoms with E-state index in [1.807, 2.05) is 18.2 Å². The van der Waals surface area contributed by atoms with E-state index in [4.69, 9.17) is 10.00 Å². The van der Waals surface area contributed by atoms with Crippen LogP contribution in [0, 0.1) is 22.7 Å². The fraction of sp³-hybridized carbons (Fsp3) is 0.0500. The molecule has 0 saturated carbocycles. The number of methoxy groups -OCH3 is 1. The second-order valence-corrected chi connectivity index (χ2v) is 5.35. The molecule has 120 valence electrons. The number of H-pyrrole nitrogens is 1. The second-order valence-electron chi connectivity index (χ2n) is 5.35. The maximum Gasteiger partial charge on any atom is 0.205 e. The molecule has 1 aromatic heterocycles. The van der Waals surface area contributed by atoms with Gasteiger partial charge < -0.3 is 9.72 Å². The molecule has 0 saturated heterocycles. The first-order chi connectivity index (χ1) is 12.2. The number of ether oxygens (including phenoxy) is 1. The van der Waals surface area contributed by atoms with Crippen LogP contribution < -0.4 is 4.74 Å². The van der Waals surface area contributed by atoms with E-state index >= 15 is 0 Å². The SMILES string of the molecule is COc1ccc2[nH]cc(C(=O)/C(C#N)=C/c3cccc(C#N)c3)c2c1. The van der Waals surface area contributed by atoms with Gasteiger partial charge in [0.2, 0.25) is 5.78 Å². The van der Waals surface area contributed by atoms with Crippen molar-refractivity contribution in [1.82, 2.24) is 4.98 Å². The van der Waals surface area contributed by atoms with Gasteiger partial charge in [-0.1, -0.05) is 12.1 Å². The fourth-order valence-electron chi connectivity index (χ4n) is 2.57. The largest absolute Gasteiger partial charge is 0.497 e. The summed E-state index contributed by atoms with van der Waals surface area (Å²) in [6, 6.07) is 16.1. The first-order valence-electron chi connectivity index (χ1n) is 7.48. The summed E-state index contributed by atoms with van der Waals surface area (Å²) >= 11 is 0. The smallest absolute Gasteiger partial charge is 0.205 e. The Bertz CT molecular complexity index is 1080. The Morgan fingerprint density at radius 2 is 2.04 bits per heavy atom. The molecular formula is C20H13N3O2. The number of carbonyl (C=O) groups excluding carboxylic acids is 1. The quantitative estimate of drug-likeness (QED) is 0.448. The first kappa shape index (κ1) is 16.0. The predicted molar refractivity (Wildman–Crippen MR) is 93.9 cm³/mol. The number of fused-ring (bicyclic) bond motifs is 1. The number of carbonyl (C=O) groups is 1. The topological polar surface area (TPSA) is 89.7 Å². The number of rotatable bonds is 4.